The summed E-state index contributed by atoms with van der Waals surface area (Å²) in [6.45, 7) is 6.08. The van der Waals surface area contributed by atoms with Gasteiger partial charge >= 0.3 is 0 Å². The standard InChI is InChI=1S/C17H24N2O2/c1-3-13-5-7-14(8-6-13)15-18-17(9-10-17)16(20)19(15)11-12-21-4-2/h5-8,15,18H,3-4,9-12H2,1-2H3. The van der Waals surface area contributed by atoms with Crippen molar-refractivity contribution in [3.63, 3.8) is 0 Å². The van der Waals surface area contributed by atoms with Crippen LogP contribution in [0.5, 0.6) is 0 Å². The van der Waals surface area contributed by atoms with Crippen LogP contribution in [0.2, 0.25) is 0 Å². The SMILES string of the molecule is CCOCCN1C(=O)C2(CC2)NC1c1ccc(CC)cc1. The fourth-order valence-corrected chi connectivity index (χ4v) is 3.01. The first-order chi connectivity index (χ1) is 10.2. The van der Waals surface area contributed by atoms with E-state index in [4.69, 9.17) is 4.74 Å². The molecule has 1 spiro atoms. The van der Waals surface area contributed by atoms with E-state index in [-0.39, 0.29) is 17.6 Å². The summed E-state index contributed by atoms with van der Waals surface area (Å²) in [4.78, 5) is 14.5. The summed E-state index contributed by atoms with van der Waals surface area (Å²) in [6, 6.07) is 8.58. The third-order valence-corrected chi connectivity index (χ3v) is 4.53. The Morgan fingerprint density at radius 2 is 2.00 bits per heavy atom. The van der Waals surface area contributed by atoms with Gasteiger partial charge in [-0.2, -0.15) is 0 Å². The molecule has 1 heterocycles. The first-order valence-electron chi connectivity index (χ1n) is 7.95. The van der Waals surface area contributed by atoms with E-state index in [1.807, 2.05) is 11.8 Å². The second-order valence-electron chi connectivity index (χ2n) is 5.92. The van der Waals surface area contributed by atoms with E-state index in [0.717, 1.165) is 19.3 Å². The predicted octanol–water partition coefficient (Wildman–Crippen LogP) is 2.25. The van der Waals surface area contributed by atoms with Crippen LogP contribution >= 0.6 is 0 Å². The number of carbonyl (C=O) groups excluding carboxylic acids is 1. The van der Waals surface area contributed by atoms with Gasteiger partial charge in [-0.25, -0.2) is 0 Å². The molecule has 4 heteroatoms. The summed E-state index contributed by atoms with van der Waals surface area (Å²) in [5, 5.41) is 3.54. The van der Waals surface area contributed by atoms with Crippen molar-refractivity contribution in [3.8, 4) is 0 Å². The van der Waals surface area contributed by atoms with Gasteiger partial charge in [-0.15, -0.1) is 0 Å². The molecule has 1 aliphatic carbocycles. The van der Waals surface area contributed by atoms with Crippen LogP contribution in [0.15, 0.2) is 24.3 Å². The van der Waals surface area contributed by atoms with Gasteiger partial charge in [0, 0.05) is 13.2 Å². The summed E-state index contributed by atoms with van der Waals surface area (Å²) in [5.74, 6) is 0.242. The number of nitrogens with one attached hydrogen (secondary N) is 1. The molecule has 1 aliphatic heterocycles. The minimum Gasteiger partial charge on any atom is -0.380 e. The molecule has 0 aromatic heterocycles. The van der Waals surface area contributed by atoms with E-state index in [2.05, 4.69) is 36.5 Å². The van der Waals surface area contributed by atoms with Gasteiger partial charge in [0.15, 0.2) is 0 Å². The van der Waals surface area contributed by atoms with Crippen LogP contribution in [0, 0.1) is 0 Å². The van der Waals surface area contributed by atoms with Crippen molar-refractivity contribution in [1.29, 1.82) is 0 Å². The molecule has 1 saturated carbocycles. The Balaban J connectivity index is 1.78. The molecule has 1 amide bonds. The number of rotatable bonds is 6. The van der Waals surface area contributed by atoms with Gasteiger partial charge < -0.3 is 9.64 Å². The Morgan fingerprint density at radius 1 is 1.29 bits per heavy atom. The van der Waals surface area contributed by atoms with Crippen LogP contribution in [0.3, 0.4) is 0 Å². The van der Waals surface area contributed by atoms with Crippen molar-refractivity contribution in [2.45, 2.75) is 44.8 Å². The number of aryl methyl sites for hydroxylation is 1. The highest BCUT2D eigenvalue weighted by Gasteiger charge is 2.59. The summed E-state index contributed by atoms with van der Waals surface area (Å²) in [5.41, 5.74) is 2.21. The van der Waals surface area contributed by atoms with Gasteiger partial charge in [0.1, 0.15) is 11.7 Å². The summed E-state index contributed by atoms with van der Waals surface area (Å²) < 4.78 is 5.43. The largest absolute Gasteiger partial charge is 0.380 e. The van der Waals surface area contributed by atoms with Gasteiger partial charge in [0.05, 0.1) is 6.61 Å². The highest BCUT2D eigenvalue weighted by atomic mass is 16.5. The van der Waals surface area contributed by atoms with Crippen LogP contribution in [0.25, 0.3) is 0 Å². The Bertz CT molecular complexity index is 508. The average Bonchev–Trinajstić information content (AvgIpc) is 3.25. The van der Waals surface area contributed by atoms with E-state index in [0.29, 0.717) is 19.8 Å². The molecule has 3 rings (SSSR count). The van der Waals surface area contributed by atoms with Crippen LogP contribution in [-0.4, -0.2) is 36.1 Å². The van der Waals surface area contributed by atoms with Crippen LogP contribution in [0.4, 0.5) is 0 Å². The molecule has 0 bridgehead atoms. The van der Waals surface area contributed by atoms with E-state index < -0.39 is 0 Å². The lowest BCUT2D eigenvalue weighted by Gasteiger charge is -2.24. The number of nitrogens with zero attached hydrogens (tertiary/aromatic N) is 1. The number of amides is 1. The maximum absolute atomic E-state index is 12.6. The van der Waals surface area contributed by atoms with Crippen molar-refractivity contribution < 1.29 is 9.53 Å². The first kappa shape index (κ1) is 14.5. The van der Waals surface area contributed by atoms with E-state index in [1.165, 1.54) is 11.1 Å². The number of ether oxygens (including phenoxy) is 1. The second kappa shape index (κ2) is 5.78. The van der Waals surface area contributed by atoms with Gasteiger partial charge in [-0.3, -0.25) is 10.1 Å². The molecular weight excluding hydrogens is 264 g/mol. The summed E-state index contributed by atoms with van der Waals surface area (Å²) >= 11 is 0. The highest BCUT2D eigenvalue weighted by Crippen LogP contribution is 2.45. The summed E-state index contributed by atoms with van der Waals surface area (Å²) in [7, 11) is 0. The molecule has 0 radical (unpaired) electrons. The van der Waals surface area contributed by atoms with Crippen molar-refractivity contribution in [1.82, 2.24) is 10.2 Å². The molecule has 1 N–H and O–H groups in total. The molecule has 21 heavy (non-hydrogen) atoms. The normalized spacial score (nSPS) is 23.0. The Kier molecular flexibility index (Phi) is 4.00. The van der Waals surface area contributed by atoms with Crippen molar-refractivity contribution in [3.05, 3.63) is 35.4 Å². The number of hydrogen-bond acceptors (Lipinski definition) is 3. The van der Waals surface area contributed by atoms with Gasteiger partial charge in [0.25, 0.3) is 0 Å². The van der Waals surface area contributed by atoms with E-state index in [9.17, 15) is 4.79 Å². The number of benzene rings is 1. The quantitative estimate of drug-likeness (QED) is 0.816. The van der Waals surface area contributed by atoms with Crippen LogP contribution in [-0.2, 0) is 16.0 Å². The topological polar surface area (TPSA) is 41.6 Å². The molecule has 114 valence electrons. The van der Waals surface area contributed by atoms with Gasteiger partial charge in [-0.05, 0) is 37.3 Å². The number of hydrogen-bond donors (Lipinski definition) is 1. The minimum atomic E-state index is -0.277. The molecule has 1 aromatic carbocycles. The lowest BCUT2D eigenvalue weighted by molar-refractivity contribution is -0.131. The lowest BCUT2D eigenvalue weighted by Crippen LogP contribution is -2.34. The van der Waals surface area contributed by atoms with Gasteiger partial charge in [-0.1, -0.05) is 31.2 Å². The zero-order valence-electron chi connectivity index (χ0n) is 12.9. The third kappa shape index (κ3) is 2.70. The van der Waals surface area contributed by atoms with Gasteiger partial charge in [0.2, 0.25) is 5.91 Å². The Morgan fingerprint density at radius 3 is 2.57 bits per heavy atom. The molecule has 1 unspecified atom stereocenters. The van der Waals surface area contributed by atoms with Crippen LogP contribution < -0.4 is 5.32 Å². The second-order valence-corrected chi connectivity index (χ2v) is 5.92. The average molecular weight is 288 g/mol. The number of carbonyl (C=O) groups is 1. The predicted molar refractivity (Wildman–Crippen MR) is 81.9 cm³/mol. The molecule has 2 fully saturated rings. The maximum Gasteiger partial charge on any atom is 0.244 e. The smallest absolute Gasteiger partial charge is 0.244 e. The van der Waals surface area contributed by atoms with Crippen molar-refractivity contribution in [2.75, 3.05) is 19.8 Å². The van der Waals surface area contributed by atoms with Crippen LogP contribution in [0.1, 0.15) is 44.0 Å². The third-order valence-electron chi connectivity index (χ3n) is 4.53. The first-order valence-corrected chi connectivity index (χ1v) is 7.95. The minimum absolute atomic E-state index is 0.00800. The molecule has 2 aliphatic rings. The lowest BCUT2D eigenvalue weighted by atomic mass is 10.1. The fraction of sp³-hybridized carbons (Fsp3) is 0.588. The molecule has 1 atom stereocenters. The monoisotopic (exact) mass is 288 g/mol. The van der Waals surface area contributed by atoms with E-state index >= 15 is 0 Å². The Labute approximate surface area is 126 Å². The molecule has 1 aromatic rings. The molecule has 1 saturated heterocycles. The van der Waals surface area contributed by atoms with E-state index in [1.54, 1.807) is 0 Å². The fourth-order valence-electron chi connectivity index (χ4n) is 3.01. The summed E-state index contributed by atoms with van der Waals surface area (Å²) in [6.07, 6.45) is 2.95. The maximum atomic E-state index is 12.6. The Hall–Kier alpha value is -1.39. The van der Waals surface area contributed by atoms with Crippen molar-refractivity contribution >= 4 is 5.91 Å². The highest BCUT2D eigenvalue weighted by molar-refractivity contribution is 5.92. The van der Waals surface area contributed by atoms with Crippen molar-refractivity contribution in [2.24, 2.45) is 0 Å². The molecular formula is C17H24N2O2. The molecule has 4 nitrogen and oxygen atoms in total. The zero-order valence-corrected chi connectivity index (χ0v) is 12.9. The zero-order chi connectivity index (χ0) is 14.9.